The maximum Gasteiger partial charge on any atom is 0.194 e. The van der Waals surface area contributed by atoms with Gasteiger partial charge in [0, 0.05) is 41.2 Å². The van der Waals surface area contributed by atoms with Gasteiger partial charge in [0.05, 0.1) is 11.4 Å². The summed E-state index contributed by atoms with van der Waals surface area (Å²) in [5.41, 5.74) is 3.07. The van der Waals surface area contributed by atoms with Crippen LogP contribution in [0.25, 0.3) is 4.96 Å². The van der Waals surface area contributed by atoms with Crippen LogP contribution in [0.5, 0.6) is 0 Å². The van der Waals surface area contributed by atoms with Gasteiger partial charge in [0.15, 0.2) is 10.7 Å². The predicted molar refractivity (Wildman–Crippen MR) is 102 cm³/mol. The first kappa shape index (κ1) is 16.8. The number of nitrogens with zero attached hydrogens (tertiary/aromatic N) is 3. The molecule has 2 aromatic heterocycles. The smallest absolute Gasteiger partial charge is 0.194 e. The van der Waals surface area contributed by atoms with E-state index in [1.807, 2.05) is 12.1 Å². The van der Waals surface area contributed by atoms with Crippen LogP contribution in [0.1, 0.15) is 34.6 Å². The maximum absolute atomic E-state index is 12.8. The Morgan fingerprint density at radius 3 is 2.96 bits per heavy atom. The topological polar surface area (TPSA) is 37.6 Å². The minimum Gasteiger partial charge on any atom is -0.297 e. The molecule has 0 radical (unpaired) electrons. The number of carbonyl (C=O) groups is 1. The molecule has 1 aliphatic heterocycles. The van der Waals surface area contributed by atoms with Gasteiger partial charge in [-0.1, -0.05) is 11.6 Å². The molecule has 0 bridgehead atoms. The molecule has 0 amide bonds. The third kappa shape index (κ3) is 3.36. The quantitative estimate of drug-likeness (QED) is 0.634. The highest BCUT2D eigenvalue weighted by atomic mass is 35.5. The number of Topliss-reactive ketones (excluding diaryl/α,β-unsaturated/α-hetero) is 1. The van der Waals surface area contributed by atoms with Crippen LogP contribution in [0.4, 0.5) is 0 Å². The fraction of sp³-hybridized carbons (Fsp3) is 0.368. The molecule has 1 saturated heterocycles. The fourth-order valence-electron chi connectivity index (χ4n) is 3.61. The molecule has 0 spiro atoms. The van der Waals surface area contributed by atoms with Crippen LogP contribution in [0.2, 0.25) is 5.02 Å². The van der Waals surface area contributed by atoms with Crippen LogP contribution in [0, 0.1) is 12.8 Å². The molecule has 4 rings (SSSR count). The molecular weight excluding hydrogens is 354 g/mol. The number of hydrogen-bond acceptors (Lipinski definition) is 4. The lowest BCUT2D eigenvalue weighted by molar-refractivity contribution is 0.0809. The molecule has 0 N–H and O–H groups in total. The molecule has 1 atom stereocenters. The van der Waals surface area contributed by atoms with Gasteiger partial charge >= 0.3 is 0 Å². The zero-order valence-electron chi connectivity index (χ0n) is 14.1. The molecule has 3 heterocycles. The number of fused-ring (bicyclic) bond motifs is 1. The zero-order valence-corrected chi connectivity index (χ0v) is 15.7. The number of thiazole rings is 1. The Balaban J connectivity index is 1.49. The summed E-state index contributed by atoms with van der Waals surface area (Å²) >= 11 is 7.59. The van der Waals surface area contributed by atoms with Gasteiger partial charge in [0.2, 0.25) is 0 Å². The molecule has 1 unspecified atom stereocenters. The van der Waals surface area contributed by atoms with Crippen molar-refractivity contribution in [2.24, 2.45) is 5.92 Å². The molecule has 6 heteroatoms. The Morgan fingerprint density at radius 2 is 2.16 bits per heavy atom. The number of piperidine rings is 1. The van der Waals surface area contributed by atoms with Crippen molar-refractivity contribution in [3.63, 3.8) is 0 Å². The van der Waals surface area contributed by atoms with E-state index >= 15 is 0 Å². The maximum atomic E-state index is 12.8. The third-order valence-corrected chi connectivity index (χ3v) is 5.95. The Labute approximate surface area is 156 Å². The van der Waals surface area contributed by atoms with Gasteiger partial charge in [0.25, 0.3) is 0 Å². The van der Waals surface area contributed by atoms with E-state index in [-0.39, 0.29) is 11.7 Å². The molecule has 130 valence electrons. The van der Waals surface area contributed by atoms with Crippen LogP contribution < -0.4 is 0 Å². The van der Waals surface area contributed by atoms with Crippen LogP contribution in [0.15, 0.2) is 35.8 Å². The monoisotopic (exact) mass is 373 g/mol. The summed E-state index contributed by atoms with van der Waals surface area (Å²) in [6.45, 7) is 4.74. The molecule has 3 aromatic rings. The average Bonchev–Trinajstić information content (AvgIpc) is 3.18. The summed E-state index contributed by atoms with van der Waals surface area (Å²) in [7, 11) is 0. The van der Waals surface area contributed by atoms with Crippen molar-refractivity contribution in [2.45, 2.75) is 26.3 Å². The van der Waals surface area contributed by atoms with Crippen molar-refractivity contribution in [1.82, 2.24) is 14.3 Å². The fourth-order valence-corrected chi connectivity index (χ4v) is 4.51. The van der Waals surface area contributed by atoms with Crippen molar-refractivity contribution < 1.29 is 4.79 Å². The Hall–Kier alpha value is -1.69. The number of carbonyl (C=O) groups excluding carboxylic acids is 1. The second kappa shape index (κ2) is 6.90. The number of ketones is 1. The molecule has 25 heavy (non-hydrogen) atoms. The van der Waals surface area contributed by atoms with Crippen LogP contribution in [0.3, 0.4) is 0 Å². The van der Waals surface area contributed by atoms with Crippen LogP contribution >= 0.6 is 22.9 Å². The van der Waals surface area contributed by atoms with E-state index < -0.39 is 0 Å². The highest BCUT2D eigenvalue weighted by Crippen LogP contribution is 2.25. The van der Waals surface area contributed by atoms with E-state index in [1.54, 1.807) is 23.5 Å². The first-order valence-corrected chi connectivity index (χ1v) is 9.81. The number of benzene rings is 1. The van der Waals surface area contributed by atoms with Crippen LogP contribution in [-0.4, -0.2) is 33.2 Å². The van der Waals surface area contributed by atoms with E-state index in [9.17, 15) is 4.79 Å². The zero-order chi connectivity index (χ0) is 17.4. The number of likely N-dealkylation sites (tertiary alicyclic amines) is 1. The first-order valence-electron chi connectivity index (χ1n) is 8.55. The first-order chi connectivity index (χ1) is 12.1. The lowest BCUT2D eigenvalue weighted by Crippen LogP contribution is -2.38. The van der Waals surface area contributed by atoms with Gasteiger partial charge in [-0.05, 0) is 50.6 Å². The molecular formula is C19H20ClN3OS. The van der Waals surface area contributed by atoms with E-state index in [4.69, 9.17) is 11.6 Å². The Bertz CT molecular complexity index is 899. The number of hydrogen-bond donors (Lipinski definition) is 0. The SMILES string of the molecule is Cc1nc2sccn2c1CN1CCCC(C(=O)c2ccc(Cl)cc2)C1. The number of imidazole rings is 1. The normalized spacial score (nSPS) is 18.7. The van der Waals surface area contributed by atoms with Gasteiger partial charge in [0.1, 0.15) is 0 Å². The molecule has 1 fully saturated rings. The van der Waals surface area contributed by atoms with Gasteiger partial charge in [-0.25, -0.2) is 4.98 Å². The number of halogens is 1. The molecule has 4 nitrogen and oxygen atoms in total. The molecule has 0 aliphatic carbocycles. The summed E-state index contributed by atoms with van der Waals surface area (Å²) in [6.07, 6.45) is 4.08. The van der Waals surface area contributed by atoms with E-state index in [2.05, 4.69) is 32.8 Å². The van der Waals surface area contributed by atoms with E-state index in [1.165, 1.54) is 5.69 Å². The number of aryl methyl sites for hydroxylation is 1. The standard InChI is InChI=1S/C19H20ClN3OS/c1-13-17(23-9-10-25-19(23)21-13)12-22-8-2-3-15(11-22)18(24)14-4-6-16(20)7-5-14/h4-7,9-10,15H,2-3,8,11-12H2,1H3. The summed E-state index contributed by atoms with van der Waals surface area (Å²) in [4.78, 5) is 20.9. The summed E-state index contributed by atoms with van der Waals surface area (Å²) in [5, 5.41) is 2.73. The van der Waals surface area contributed by atoms with Crippen molar-refractivity contribution in [3.05, 3.63) is 57.8 Å². The lowest BCUT2D eigenvalue weighted by Gasteiger charge is -2.32. The van der Waals surface area contributed by atoms with Crippen LogP contribution in [-0.2, 0) is 6.54 Å². The number of aromatic nitrogens is 2. The highest BCUT2D eigenvalue weighted by Gasteiger charge is 2.27. The lowest BCUT2D eigenvalue weighted by atomic mass is 9.90. The van der Waals surface area contributed by atoms with Crippen molar-refractivity contribution in [1.29, 1.82) is 0 Å². The Kier molecular flexibility index (Phi) is 4.63. The summed E-state index contributed by atoms with van der Waals surface area (Å²) in [6, 6.07) is 7.25. The number of rotatable bonds is 4. The average molecular weight is 374 g/mol. The van der Waals surface area contributed by atoms with Gasteiger partial charge in [-0.2, -0.15) is 0 Å². The van der Waals surface area contributed by atoms with Gasteiger partial charge < -0.3 is 0 Å². The van der Waals surface area contributed by atoms with Crippen molar-refractivity contribution in [3.8, 4) is 0 Å². The summed E-state index contributed by atoms with van der Waals surface area (Å²) in [5.74, 6) is 0.285. The third-order valence-electron chi connectivity index (χ3n) is 4.94. The van der Waals surface area contributed by atoms with Crippen molar-refractivity contribution in [2.75, 3.05) is 13.1 Å². The largest absolute Gasteiger partial charge is 0.297 e. The van der Waals surface area contributed by atoms with Crippen molar-refractivity contribution >= 4 is 33.7 Å². The minimum atomic E-state index is 0.0566. The molecule has 1 aromatic carbocycles. The van der Waals surface area contributed by atoms with E-state index in [0.717, 1.165) is 48.7 Å². The predicted octanol–water partition coefficient (Wildman–Crippen LogP) is 4.45. The highest BCUT2D eigenvalue weighted by molar-refractivity contribution is 7.15. The summed E-state index contributed by atoms with van der Waals surface area (Å²) < 4.78 is 2.17. The molecule has 0 saturated carbocycles. The second-order valence-electron chi connectivity index (χ2n) is 6.64. The van der Waals surface area contributed by atoms with Gasteiger partial charge in [-0.15, -0.1) is 11.3 Å². The van der Waals surface area contributed by atoms with E-state index in [0.29, 0.717) is 5.02 Å². The molecule has 1 aliphatic rings. The Morgan fingerprint density at radius 1 is 1.36 bits per heavy atom. The minimum absolute atomic E-state index is 0.0566. The second-order valence-corrected chi connectivity index (χ2v) is 7.95. The van der Waals surface area contributed by atoms with Gasteiger partial charge in [-0.3, -0.25) is 14.1 Å².